The Morgan fingerprint density at radius 1 is 0.692 bits per heavy atom. The Bertz CT molecular complexity index is 483. The summed E-state index contributed by atoms with van der Waals surface area (Å²) in [5.41, 5.74) is 0.863. The maximum Gasteiger partial charge on any atom is 0.0351 e. The molecule has 3 heterocycles. The molecule has 4 fully saturated rings. The summed E-state index contributed by atoms with van der Waals surface area (Å²) >= 11 is 0. The van der Waals surface area contributed by atoms with E-state index in [-0.39, 0.29) is 0 Å². The lowest BCUT2D eigenvalue weighted by Crippen LogP contribution is -2.66. The van der Waals surface area contributed by atoms with E-state index >= 15 is 0 Å². The van der Waals surface area contributed by atoms with Crippen LogP contribution in [0.5, 0.6) is 0 Å². The first-order valence-electron chi connectivity index (χ1n) is 11.3. The van der Waals surface area contributed by atoms with Gasteiger partial charge in [0.05, 0.1) is 0 Å². The van der Waals surface area contributed by atoms with Gasteiger partial charge in [0.2, 0.25) is 0 Å². The first kappa shape index (κ1) is 19.2. The van der Waals surface area contributed by atoms with Crippen LogP contribution in [-0.2, 0) is 0 Å². The van der Waals surface area contributed by atoms with Crippen molar-refractivity contribution in [1.82, 2.24) is 14.7 Å². The molecule has 0 spiro atoms. The largest absolute Gasteiger partial charge is 0.299 e. The molecule has 1 saturated carbocycles. The van der Waals surface area contributed by atoms with Crippen LogP contribution in [0.25, 0.3) is 0 Å². The summed E-state index contributed by atoms with van der Waals surface area (Å²) in [6, 6.07) is 1.66. The Hall–Kier alpha value is -0.120. The molecule has 26 heavy (non-hydrogen) atoms. The average molecular weight is 362 g/mol. The van der Waals surface area contributed by atoms with E-state index in [9.17, 15) is 0 Å². The van der Waals surface area contributed by atoms with E-state index in [0.717, 1.165) is 29.8 Å². The average Bonchev–Trinajstić information content (AvgIpc) is 3.02. The fourth-order valence-corrected chi connectivity index (χ4v) is 6.19. The van der Waals surface area contributed by atoms with E-state index in [4.69, 9.17) is 0 Å². The lowest BCUT2D eigenvalue weighted by molar-refractivity contribution is -0.0409. The van der Waals surface area contributed by atoms with E-state index < -0.39 is 0 Å². The number of piperidine rings is 1. The molecule has 0 aromatic heterocycles. The van der Waals surface area contributed by atoms with Gasteiger partial charge in [-0.1, -0.05) is 20.8 Å². The van der Waals surface area contributed by atoms with Gasteiger partial charge in [-0.15, -0.1) is 0 Å². The molecule has 3 saturated heterocycles. The van der Waals surface area contributed by atoms with Gasteiger partial charge in [0.15, 0.2) is 0 Å². The summed E-state index contributed by atoms with van der Waals surface area (Å²) < 4.78 is 0. The molecule has 0 bridgehead atoms. The minimum absolute atomic E-state index is 0.349. The highest BCUT2D eigenvalue weighted by molar-refractivity contribution is 5.00. The van der Waals surface area contributed by atoms with Crippen LogP contribution in [0.3, 0.4) is 0 Å². The summed E-state index contributed by atoms with van der Waals surface area (Å²) in [6.07, 6.45) is 5.83. The molecule has 150 valence electrons. The van der Waals surface area contributed by atoms with Crippen molar-refractivity contribution < 1.29 is 0 Å². The number of hydrogen-bond acceptors (Lipinski definition) is 3. The predicted octanol–water partition coefficient (Wildman–Crippen LogP) is 3.94. The summed E-state index contributed by atoms with van der Waals surface area (Å²) in [6.45, 7) is 22.5. The Balaban J connectivity index is 1.28. The standard InChI is InChI=1S/C23H43N3/c1-22(2,3)19-10-17-12-25(13-18(17)11-19)20-8-7-9-24(14-20)21-15-26(16-21)23(4,5)6/h17-21H,7-16H2,1-6H3. The van der Waals surface area contributed by atoms with Crippen molar-refractivity contribution in [1.29, 1.82) is 0 Å². The van der Waals surface area contributed by atoms with Crippen molar-refractivity contribution in [3.63, 3.8) is 0 Å². The Morgan fingerprint density at radius 3 is 1.85 bits per heavy atom. The topological polar surface area (TPSA) is 9.72 Å². The van der Waals surface area contributed by atoms with E-state index in [1.54, 1.807) is 0 Å². The van der Waals surface area contributed by atoms with Crippen molar-refractivity contribution in [2.45, 2.75) is 84.8 Å². The van der Waals surface area contributed by atoms with Gasteiger partial charge < -0.3 is 0 Å². The molecular formula is C23H43N3. The molecule has 3 nitrogen and oxygen atoms in total. The lowest BCUT2D eigenvalue weighted by Gasteiger charge is -2.53. The Morgan fingerprint density at radius 2 is 1.31 bits per heavy atom. The van der Waals surface area contributed by atoms with E-state index in [1.165, 1.54) is 65.0 Å². The van der Waals surface area contributed by atoms with Crippen LogP contribution in [0.15, 0.2) is 0 Å². The molecule has 3 heteroatoms. The second-order valence-electron chi connectivity index (χ2n) is 12.0. The van der Waals surface area contributed by atoms with Crippen LogP contribution < -0.4 is 0 Å². The van der Waals surface area contributed by atoms with Crippen molar-refractivity contribution in [3.8, 4) is 0 Å². The van der Waals surface area contributed by atoms with Crippen LogP contribution in [0.4, 0.5) is 0 Å². The lowest BCUT2D eigenvalue weighted by atomic mass is 9.79. The van der Waals surface area contributed by atoms with Gasteiger partial charge in [0, 0.05) is 50.3 Å². The van der Waals surface area contributed by atoms with Gasteiger partial charge in [0.25, 0.3) is 0 Å². The predicted molar refractivity (Wildman–Crippen MR) is 110 cm³/mol. The van der Waals surface area contributed by atoms with Gasteiger partial charge in [-0.2, -0.15) is 0 Å². The van der Waals surface area contributed by atoms with Crippen LogP contribution in [0, 0.1) is 23.2 Å². The van der Waals surface area contributed by atoms with Crippen molar-refractivity contribution >= 4 is 0 Å². The number of likely N-dealkylation sites (tertiary alicyclic amines) is 3. The van der Waals surface area contributed by atoms with Gasteiger partial charge in [0.1, 0.15) is 0 Å². The quantitative estimate of drug-likeness (QED) is 0.738. The second kappa shape index (κ2) is 6.74. The SMILES string of the molecule is CC(C)(C)C1CC2CN(C3CCCN(C4CN(C(C)(C)C)C4)C3)CC2C1. The molecule has 1 aliphatic carbocycles. The van der Waals surface area contributed by atoms with E-state index in [0.29, 0.717) is 11.0 Å². The summed E-state index contributed by atoms with van der Waals surface area (Å²) in [5.74, 6) is 2.95. The molecule has 0 aromatic rings. The molecule has 4 rings (SSSR count). The third-order valence-electron chi connectivity index (χ3n) is 8.28. The number of rotatable bonds is 2. The van der Waals surface area contributed by atoms with Gasteiger partial charge in [-0.3, -0.25) is 14.7 Å². The zero-order valence-electron chi connectivity index (χ0n) is 18.3. The van der Waals surface area contributed by atoms with E-state index in [1.807, 2.05) is 0 Å². The van der Waals surface area contributed by atoms with Gasteiger partial charge in [-0.25, -0.2) is 0 Å². The second-order valence-corrected chi connectivity index (χ2v) is 12.0. The molecule has 3 aliphatic heterocycles. The molecule has 0 amide bonds. The van der Waals surface area contributed by atoms with Crippen molar-refractivity contribution in [2.75, 3.05) is 39.3 Å². The monoisotopic (exact) mass is 361 g/mol. The smallest absolute Gasteiger partial charge is 0.0351 e. The Labute approximate surface area is 162 Å². The normalized spacial score (nSPS) is 38.5. The Kier molecular flexibility index (Phi) is 4.98. The molecular weight excluding hydrogens is 318 g/mol. The highest BCUT2D eigenvalue weighted by Gasteiger charge is 2.46. The molecule has 4 aliphatic rings. The highest BCUT2D eigenvalue weighted by Crippen LogP contribution is 2.49. The molecule has 0 N–H and O–H groups in total. The zero-order valence-corrected chi connectivity index (χ0v) is 18.3. The minimum atomic E-state index is 0.349. The van der Waals surface area contributed by atoms with Crippen LogP contribution in [0.1, 0.15) is 67.2 Å². The third-order valence-corrected chi connectivity index (χ3v) is 8.28. The maximum atomic E-state index is 2.90. The fraction of sp³-hybridized carbons (Fsp3) is 1.00. The van der Waals surface area contributed by atoms with E-state index in [2.05, 4.69) is 56.2 Å². The summed E-state index contributed by atoms with van der Waals surface area (Å²) in [7, 11) is 0. The van der Waals surface area contributed by atoms with Crippen LogP contribution in [0.2, 0.25) is 0 Å². The van der Waals surface area contributed by atoms with Gasteiger partial charge >= 0.3 is 0 Å². The molecule has 0 aromatic carbocycles. The van der Waals surface area contributed by atoms with Crippen LogP contribution in [-0.4, -0.2) is 71.6 Å². The number of hydrogen-bond donors (Lipinski definition) is 0. The molecule has 0 radical (unpaired) electrons. The third kappa shape index (κ3) is 3.73. The fourth-order valence-electron chi connectivity index (χ4n) is 6.19. The van der Waals surface area contributed by atoms with Crippen molar-refractivity contribution in [2.24, 2.45) is 23.2 Å². The van der Waals surface area contributed by atoms with Crippen LogP contribution >= 0.6 is 0 Å². The number of nitrogens with zero attached hydrogens (tertiary/aromatic N) is 3. The molecule has 3 atom stereocenters. The van der Waals surface area contributed by atoms with Gasteiger partial charge in [-0.05, 0) is 76.2 Å². The summed E-state index contributed by atoms with van der Waals surface area (Å²) in [5, 5.41) is 0. The highest BCUT2D eigenvalue weighted by atomic mass is 15.4. The van der Waals surface area contributed by atoms with Crippen molar-refractivity contribution in [3.05, 3.63) is 0 Å². The first-order chi connectivity index (χ1) is 12.1. The maximum absolute atomic E-state index is 2.90. The summed E-state index contributed by atoms with van der Waals surface area (Å²) in [4.78, 5) is 8.39. The zero-order chi connectivity index (χ0) is 18.7. The first-order valence-corrected chi connectivity index (χ1v) is 11.3. The molecule has 3 unspecified atom stereocenters. The minimum Gasteiger partial charge on any atom is -0.299 e. The number of fused-ring (bicyclic) bond motifs is 1.